The van der Waals surface area contributed by atoms with Gasteiger partial charge in [0.15, 0.2) is 0 Å². The molecule has 1 aromatic rings. The molecule has 2 rings (SSSR count). The van der Waals surface area contributed by atoms with Crippen molar-refractivity contribution >= 4 is 23.3 Å². The molecule has 6 nitrogen and oxygen atoms in total. The lowest BCUT2D eigenvalue weighted by Gasteiger charge is -2.25. The Balaban J connectivity index is 1.90. The molecule has 1 N–H and O–H groups in total. The Bertz CT molecular complexity index is 566. The SMILES string of the molecule is CCc1nc(C)c(C(C)N(C)C(=O)NCC(=O)N2CCCC2)s1. The van der Waals surface area contributed by atoms with Crippen LogP contribution in [0.15, 0.2) is 0 Å². The Morgan fingerprint density at radius 1 is 1.39 bits per heavy atom. The highest BCUT2D eigenvalue weighted by Gasteiger charge is 2.23. The number of aromatic nitrogens is 1. The predicted molar refractivity (Wildman–Crippen MR) is 91.6 cm³/mol. The second kappa shape index (κ2) is 7.77. The molecule has 0 saturated carbocycles. The normalized spacial score (nSPS) is 15.6. The van der Waals surface area contributed by atoms with Gasteiger partial charge < -0.3 is 15.1 Å². The second-order valence-corrected chi connectivity index (χ2v) is 7.06. The van der Waals surface area contributed by atoms with Crippen LogP contribution < -0.4 is 5.32 Å². The molecule has 1 aromatic heterocycles. The topological polar surface area (TPSA) is 65.5 Å². The zero-order valence-electron chi connectivity index (χ0n) is 14.4. The van der Waals surface area contributed by atoms with Crippen LogP contribution in [0, 0.1) is 6.92 Å². The first-order chi connectivity index (χ1) is 10.9. The van der Waals surface area contributed by atoms with Crippen molar-refractivity contribution in [3.05, 3.63) is 15.6 Å². The van der Waals surface area contributed by atoms with Crippen molar-refractivity contribution in [2.75, 3.05) is 26.7 Å². The van der Waals surface area contributed by atoms with Crippen molar-refractivity contribution in [1.29, 1.82) is 0 Å². The highest BCUT2D eigenvalue weighted by molar-refractivity contribution is 7.11. The maximum atomic E-state index is 12.3. The van der Waals surface area contributed by atoms with Crippen molar-refractivity contribution in [2.24, 2.45) is 0 Å². The van der Waals surface area contributed by atoms with Crippen LogP contribution in [0.5, 0.6) is 0 Å². The van der Waals surface area contributed by atoms with Crippen LogP contribution in [0.4, 0.5) is 4.79 Å². The summed E-state index contributed by atoms with van der Waals surface area (Å²) in [6, 6.07) is -0.286. The number of likely N-dealkylation sites (tertiary alicyclic amines) is 1. The standard InChI is InChI=1S/C16H26N4O2S/c1-5-13-18-11(2)15(23-13)12(3)19(4)16(22)17-10-14(21)20-8-6-7-9-20/h12H,5-10H2,1-4H3,(H,17,22). The number of aryl methyl sites for hydroxylation is 2. The van der Waals surface area contributed by atoms with Gasteiger partial charge in [-0.1, -0.05) is 6.92 Å². The summed E-state index contributed by atoms with van der Waals surface area (Å²) in [5.41, 5.74) is 0.979. The van der Waals surface area contributed by atoms with Crippen molar-refractivity contribution in [3.63, 3.8) is 0 Å². The quantitative estimate of drug-likeness (QED) is 0.896. The minimum absolute atomic E-state index is 0.000793. The van der Waals surface area contributed by atoms with Gasteiger partial charge in [-0.3, -0.25) is 4.79 Å². The average molecular weight is 338 g/mol. The summed E-state index contributed by atoms with van der Waals surface area (Å²) in [5.74, 6) is -0.000793. The number of nitrogens with one attached hydrogen (secondary N) is 1. The van der Waals surface area contributed by atoms with E-state index in [4.69, 9.17) is 0 Å². The lowest BCUT2D eigenvalue weighted by molar-refractivity contribution is -0.129. The number of amides is 3. The van der Waals surface area contributed by atoms with E-state index in [1.807, 2.05) is 18.7 Å². The molecule has 0 radical (unpaired) electrons. The smallest absolute Gasteiger partial charge is 0.318 e. The summed E-state index contributed by atoms with van der Waals surface area (Å²) in [6.45, 7) is 7.72. The van der Waals surface area contributed by atoms with Gasteiger partial charge in [0.1, 0.15) is 0 Å². The van der Waals surface area contributed by atoms with Gasteiger partial charge in [-0.05, 0) is 33.1 Å². The molecule has 0 spiro atoms. The largest absolute Gasteiger partial charge is 0.341 e. The Morgan fingerprint density at radius 3 is 2.61 bits per heavy atom. The lowest BCUT2D eigenvalue weighted by atomic mass is 10.2. The maximum Gasteiger partial charge on any atom is 0.318 e. The fourth-order valence-corrected chi connectivity index (χ4v) is 3.81. The fraction of sp³-hybridized carbons (Fsp3) is 0.688. The van der Waals surface area contributed by atoms with Crippen LogP contribution in [-0.4, -0.2) is 53.4 Å². The number of carbonyl (C=O) groups is 2. The Labute approximate surface area is 141 Å². The van der Waals surface area contributed by atoms with E-state index in [2.05, 4.69) is 17.2 Å². The summed E-state index contributed by atoms with van der Waals surface area (Å²) in [6.07, 6.45) is 3.01. The van der Waals surface area contributed by atoms with Gasteiger partial charge in [0.2, 0.25) is 5.91 Å². The molecule has 1 unspecified atom stereocenters. The van der Waals surface area contributed by atoms with E-state index in [0.717, 1.165) is 47.9 Å². The van der Waals surface area contributed by atoms with Crippen LogP contribution in [0.25, 0.3) is 0 Å². The first-order valence-electron chi connectivity index (χ1n) is 8.18. The number of hydrogen-bond donors (Lipinski definition) is 1. The molecule has 3 amide bonds. The maximum absolute atomic E-state index is 12.3. The highest BCUT2D eigenvalue weighted by atomic mass is 32.1. The third-order valence-electron chi connectivity index (χ3n) is 4.31. The molecular weight excluding hydrogens is 312 g/mol. The van der Waals surface area contributed by atoms with Gasteiger partial charge in [-0.25, -0.2) is 9.78 Å². The van der Waals surface area contributed by atoms with Gasteiger partial charge in [-0.2, -0.15) is 0 Å². The second-order valence-electron chi connectivity index (χ2n) is 5.94. The molecule has 1 atom stereocenters. The van der Waals surface area contributed by atoms with Gasteiger partial charge in [0.05, 0.1) is 23.3 Å². The first-order valence-corrected chi connectivity index (χ1v) is 9.00. The van der Waals surface area contributed by atoms with Crippen LogP contribution in [0.3, 0.4) is 0 Å². The van der Waals surface area contributed by atoms with Crippen LogP contribution in [0.1, 0.15) is 48.3 Å². The van der Waals surface area contributed by atoms with E-state index in [-0.39, 0.29) is 24.5 Å². The fourth-order valence-electron chi connectivity index (χ4n) is 2.71. The van der Waals surface area contributed by atoms with E-state index in [1.54, 1.807) is 23.3 Å². The number of carbonyl (C=O) groups excluding carboxylic acids is 2. The molecule has 7 heteroatoms. The summed E-state index contributed by atoms with van der Waals surface area (Å²) < 4.78 is 0. The van der Waals surface area contributed by atoms with E-state index < -0.39 is 0 Å². The first kappa shape index (κ1) is 17.7. The summed E-state index contributed by atoms with van der Waals surface area (Å²) in [7, 11) is 1.76. The summed E-state index contributed by atoms with van der Waals surface area (Å²) >= 11 is 1.65. The molecule has 0 aromatic carbocycles. The molecule has 128 valence electrons. The van der Waals surface area contributed by atoms with Gasteiger partial charge >= 0.3 is 6.03 Å². The third-order valence-corrected chi connectivity index (χ3v) is 5.78. The van der Waals surface area contributed by atoms with E-state index in [9.17, 15) is 9.59 Å². The highest BCUT2D eigenvalue weighted by Crippen LogP contribution is 2.28. The Hall–Kier alpha value is -1.63. The molecule has 1 saturated heterocycles. The summed E-state index contributed by atoms with van der Waals surface area (Å²) in [5, 5.41) is 3.82. The Kier molecular flexibility index (Phi) is 5.98. The van der Waals surface area contributed by atoms with E-state index in [1.165, 1.54) is 0 Å². The molecule has 1 aliphatic heterocycles. The number of nitrogens with zero attached hydrogens (tertiary/aromatic N) is 3. The lowest BCUT2D eigenvalue weighted by Crippen LogP contribution is -2.44. The van der Waals surface area contributed by atoms with Gasteiger partial charge in [0.25, 0.3) is 0 Å². The number of rotatable bonds is 5. The summed E-state index contributed by atoms with van der Waals surface area (Å²) in [4.78, 5) is 33.4. The molecule has 2 heterocycles. The van der Waals surface area contributed by atoms with Gasteiger partial charge in [0, 0.05) is 25.0 Å². The minimum Gasteiger partial charge on any atom is -0.341 e. The number of urea groups is 1. The molecule has 0 bridgehead atoms. The van der Waals surface area contributed by atoms with Crippen LogP contribution in [0.2, 0.25) is 0 Å². The molecule has 1 aliphatic rings. The van der Waals surface area contributed by atoms with Gasteiger partial charge in [-0.15, -0.1) is 11.3 Å². The minimum atomic E-state index is -0.226. The molecule has 0 aliphatic carbocycles. The zero-order valence-corrected chi connectivity index (χ0v) is 15.2. The number of hydrogen-bond acceptors (Lipinski definition) is 4. The average Bonchev–Trinajstić information content (AvgIpc) is 3.20. The van der Waals surface area contributed by atoms with Crippen molar-refractivity contribution in [3.8, 4) is 0 Å². The number of thiazole rings is 1. The Morgan fingerprint density at radius 2 is 2.04 bits per heavy atom. The zero-order chi connectivity index (χ0) is 17.0. The predicted octanol–water partition coefficient (Wildman–Crippen LogP) is 2.34. The van der Waals surface area contributed by atoms with Crippen LogP contribution >= 0.6 is 11.3 Å². The van der Waals surface area contributed by atoms with E-state index >= 15 is 0 Å². The van der Waals surface area contributed by atoms with Crippen LogP contribution in [-0.2, 0) is 11.2 Å². The molecule has 23 heavy (non-hydrogen) atoms. The monoisotopic (exact) mass is 338 g/mol. The molecule has 1 fully saturated rings. The third kappa shape index (κ3) is 4.22. The van der Waals surface area contributed by atoms with Crippen molar-refractivity contribution in [1.82, 2.24) is 20.1 Å². The van der Waals surface area contributed by atoms with Crippen molar-refractivity contribution in [2.45, 2.75) is 46.1 Å². The molecular formula is C16H26N4O2S. The van der Waals surface area contributed by atoms with Crippen molar-refractivity contribution < 1.29 is 9.59 Å². The van der Waals surface area contributed by atoms with E-state index in [0.29, 0.717) is 0 Å².